The molecule has 0 radical (unpaired) electrons. The van der Waals surface area contributed by atoms with Crippen molar-refractivity contribution in [2.75, 3.05) is 10.2 Å². The zero-order chi connectivity index (χ0) is 23.3. The first-order valence-electron chi connectivity index (χ1n) is 11.6. The first kappa shape index (κ1) is 21.8. The number of aryl methyl sites for hydroxylation is 1. The van der Waals surface area contributed by atoms with E-state index in [9.17, 15) is 9.59 Å². The van der Waals surface area contributed by atoms with Gasteiger partial charge in [-0.15, -0.1) is 11.3 Å². The van der Waals surface area contributed by atoms with E-state index in [0.717, 1.165) is 58.5 Å². The van der Waals surface area contributed by atoms with Crippen LogP contribution in [-0.2, 0) is 6.42 Å². The Morgan fingerprint density at radius 2 is 2.12 bits per heavy atom. The smallest absolute Gasteiger partial charge is 0.331 e. The van der Waals surface area contributed by atoms with Gasteiger partial charge in [-0.2, -0.15) is 0 Å². The largest absolute Gasteiger partial charge is 0.348 e. The molecule has 33 heavy (non-hydrogen) atoms. The normalized spacial score (nSPS) is 19.9. The molecule has 2 aliphatic rings. The molecule has 0 bridgehead atoms. The summed E-state index contributed by atoms with van der Waals surface area (Å²) >= 11 is 1.33. The Balaban J connectivity index is 1.54. The second-order valence-corrected chi connectivity index (χ2v) is 10.6. The van der Waals surface area contributed by atoms with E-state index in [0.29, 0.717) is 22.4 Å². The average molecular weight is 464 g/mol. The lowest BCUT2D eigenvalue weighted by molar-refractivity contribution is 0.0934. The molecule has 3 aromatic rings. The topological polar surface area (TPSA) is 87.2 Å². The number of carbonyl (C=O) groups is 2. The minimum absolute atomic E-state index is 0.137. The number of nitrogens with one attached hydrogen (secondary N) is 2. The number of hydrogen-bond donors (Lipinski definition) is 2. The SMILES string of the molecule is Cc1cc(CC(C)C)ncc1N1C(=O)Nc2c(C(=O)N[C@@H]3CCC[C@@H]3C)sc3nccc1c23. The lowest BCUT2D eigenvalue weighted by atomic mass is 10.0. The molecular formula is C25H29N5O2S. The van der Waals surface area contributed by atoms with Crippen molar-refractivity contribution < 1.29 is 9.59 Å². The number of thiophene rings is 1. The number of urea groups is 1. The number of hydrogen-bond acceptors (Lipinski definition) is 5. The summed E-state index contributed by atoms with van der Waals surface area (Å²) in [5.41, 5.74) is 4.01. The van der Waals surface area contributed by atoms with Crippen molar-refractivity contribution in [1.29, 1.82) is 0 Å². The molecule has 0 spiro atoms. The van der Waals surface area contributed by atoms with Gasteiger partial charge in [0.05, 0.1) is 28.6 Å². The second kappa shape index (κ2) is 8.41. The number of carbonyl (C=O) groups excluding carboxylic acids is 2. The molecule has 1 saturated carbocycles. The third kappa shape index (κ3) is 3.86. The monoisotopic (exact) mass is 463 g/mol. The van der Waals surface area contributed by atoms with Crippen LogP contribution in [0.4, 0.5) is 21.9 Å². The highest BCUT2D eigenvalue weighted by molar-refractivity contribution is 7.21. The number of pyridine rings is 2. The summed E-state index contributed by atoms with van der Waals surface area (Å²) in [6.07, 6.45) is 7.61. The molecule has 2 N–H and O–H groups in total. The molecule has 4 heterocycles. The quantitative estimate of drug-likeness (QED) is 0.501. The van der Waals surface area contributed by atoms with Crippen molar-refractivity contribution in [2.45, 2.75) is 59.4 Å². The van der Waals surface area contributed by atoms with Crippen molar-refractivity contribution in [1.82, 2.24) is 15.3 Å². The van der Waals surface area contributed by atoms with Crippen LogP contribution >= 0.6 is 11.3 Å². The fourth-order valence-electron chi connectivity index (χ4n) is 4.95. The molecule has 0 unspecified atom stereocenters. The summed E-state index contributed by atoms with van der Waals surface area (Å²) in [5, 5.41) is 6.97. The fraction of sp³-hybridized carbons (Fsp3) is 0.440. The molecule has 5 rings (SSSR count). The highest BCUT2D eigenvalue weighted by atomic mass is 32.1. The van der Waals surface area contributed by atoms with Gasteiger partial charge in [-0.25, -0.2) is 9.78 Å². The summed E-state index contributed by atoms with van der Waals surface area (Å²) in [7, 11) is 0. The Morgan fingerprint density at radius 1 is 1.30 bits per heavy atom. The molecular weight excluding hydrogens is 434 g/mol. The Bertz CT molecular complexity index is 1250. The molecule has 1 aliphatic carbocycles. The predicted molar refractivity (Wildman–Crippen MR) is 133 cm³/mol. The van der Waals surface area contributed by atoms with Gasteiger partial charge >= 0.3 is 6.03 Å². The number of rotatable bonds is 5. The lowest BCUT2D eigenvalue weighted by Gasteiger charge is -2.29. The third-order valence-electron chi connectivity index (χ3n) is 6.63. The van der Waals surface area contributed by atoms with E-state index in [1.54, 1.807) is 17.3 Å². The van der Waals surface area contributed by atoms with Crippen molar-refractivity contribution in [3.05, 3.63) is 40.7 Å². The van der Waals surface area contributed by atoms with Gasteiger partial charge in [0.25, 0.3) is 5.91 Å². The van der Waals surface area contributed by atoms with Crippen LogP contribution in [0.1, 0.15) is 61.0 Å². The molecule has 7 nitrogen and oxygen atoms in total. The third-order valence-corrected chi connectivity index (χ3v) is 7.72. The summed E-state index contributed by atoms with van der Waals surface area (Å²) in [6, 6.07) is 3.76. The number of anilines is 3. The van der Waals surface area contributed by atoms with E-state index in [2.05, 4.69) is 41.4 Å². The standard InChI is InChI=1S/C25H29N5O2S/c1-13(2)10-16-11-15(4)19(12-27-16)30-18-8-9-26-24-20(18)21(29-25(30)32)22(33-24)23(31)28-17-7-5-6-14(17)3/h8-9,11-14,17H,5-7,10H2,1-4H3,(H,28,31)(H,29,32)/t14-,17+/m0/s1. The summed E-state index contributed by atoms with van der Waals surface area (Å²) in [6.45, 7) is 8.50. The number of amides is 3. The van der Waals surface area contributed by atoms with Gasteiger partial charge in [0.15, 0.2) is 0 Å². The second-order valence-electron chi connectivity index (χ2n) is 9.63. The van der Waals surface area contributed by atoms with E-state index in [1.807, 2.05) is 19.1 Å². The van der Waals surface area contributed by atoms with Crippen molar-refractivity contribution in [3.8, 4) is 0 Å². The van der Waals surface area contributed by atoms with Crippen LogP contribution in [-0.4, -0.2) is 27.9 Å². The van der Waals surface area contributed by atoms with Gasteiger partial charge in [-0.3, -0.25) is 14.7 Å². The number of nitrogens with zero attached hydrogens (tertiary/aromatic N) is 3. The minimum atomic E-state index is -0.293. The molecule has 1 aliphatic heterocycles. The molecule has 2 atom stereocenters. The summed E-state index contributed by atoms with van der Waals surface area (Å²) < 4.78 is 0. The van der Waals surface area contributed by atoms with Crippen molar-refractivity contribution in [2.24, 2.45) is 11.8 Å². The first-order chi connectivity index (χ1) is 15.8. The van der Waals surface area contributed by atoms with Crippen molar-refractivity contribution >= 4 is 50.6 Å². The highest BCUT2D eigenvalue weighted by Gasteiger charge is 2.34. The van der Waals surface area contributed by atoms with Gasteiger partial charge < -0.3 is 10.6 Å². The molecule has 8 heteroatoms. The zero-order valence-corrected chi connectivity index (χ0v) is 20.3. The Hall–Kier alpha value is -3.00. The molecule has 1 fully saturated rings. The molecule has 0 aromatic carbocycles. The Morgan fingerprint density at radius 3 is 2.82 bits per heavy atom. The zero-order valence-electron chi connectivity index (χ0n) is 19.4. The maximum absolute atomic E-state index is 13.3. The molecule has 0 saturated heterocycles. The van der Waals surface area contributed by atoms with Crippen LogP contribution in [0, 0.1) is 18.8 Å². The number of aromatic nitrogens is 2. The lowest BCUT2D eigenvalue weighted by Crippen LogP contribution is -2.38. The van der Waals surface area contributed by atoms with E-state index < -0.39 is 0 Å². The average Bonchev–Trinajstić information content (AvgIpc) is 3.33. The van der Waals surface area contributed by atoms with Gasteiger partial charge in [0.2, 0.25) is 0 Å². The Labute approximate surface area is 197 Å². The van der Waals surface area contributed by atoms with E-state index in [-0.39, 0.29) is 18.0 Å². The van der Waals surface area contributed by atoms with Gasteiger partial charge in [0, 0.05) is 17.9 Å². The van der Waals surface area contributed by atoms with E-state index in [1.165, 1.54) is 11.3 Å². The molecule has 3 amide bonds. The molecule has 172 valence electrons. The van der Waals surface area contributed by atoms with Crippen LogP contribution in [0.25, 0.3) is 10.2 Å². The minimum Gasteiger partial charge on any atom is -0.348 e. The summed E-state index contributed by atoms with van der Waals surface area (Å²) in [4.78, 5) is 38.5. The van der Waals surface area contributed by atoms with Gasteiger partial charge in [0.1, 0.15) is 9.71 Å². The fourth-order valence-corrected chi connectivity index (χ4v) is 5.97. The van der Waals surface area contributed by atoms with Crippen LogP contribution in [0.2, 0.25) is 0 Å². The Kier molecular flexibility index (Phi) is 5.56. The predicted octanol–water partition coefficient (Wildman–Crippen LogP) is 5.80. The van der Waals surface area contributed by atoms with Gasteiger partial charge in [-0.1, -0.05) is 27.2 Å². The summed E-state index contributed by atoms with van der Waals surface area (Å²) in [5.74, 6) is 0.834. The maximum atomic E-state index is 13.3. The van der Waals surface area contributed by atoms with E-state index in [4.69, 9.17) is 0 Å². The first-order valence-corrected chi connectivity index (χ1v) is 12.4. The van der Waals surface area contributed by atoms with Gasteiger partial charge in [-0.05, 0) is 55.7 Å². The van der Waals surface area contributed by atoms with Crippen LogP contribution < -0.4 is 15.5 Å². The van der Waals surface area contributed by atoms with Crippen molar-refractivity contribution in [3.63, 3.8) is 0 Å². The van der Waals surface area contributed by atoms with Crippen LogP contribution in [0.3, 0.4) is 0 Å². The maximum Gasteiger partial charge on any atom is 0.331 e. The highest BCUT2D eigenvalue weighted by Crippen LogP contribution is 2.46. The van der Waals surface area contributed by atoms with Crippen LogP contribution in [0.15, 0.2) is 24.5 Å². The van der Waals surface area contributed by atoms with Crippen LogP contribution in [0.5, 0.6) is 0 Å². The molecule has 3 aromatic heterocycles. The van der Waals surface area contributed by atoms with E-state index >= 15 is 0 Å².